The number of carbonyl (C=O) groups excluding carboxylic acids is 1. The van der Waals surface area contributed by atoms with Crippen molar-refractivity contribution in [3.05, 3.63) is 18.5 Å². The van der Waals surface area contributed by atoms with E-state index < -0.39 is 6.09 Å². The summed E-state index contributed by atoms with van der Waals surface area (Å²) in [6.07, 6.45) is 2.63. The number of hydrogen-bond acceptors (Lipinski definition) is 5. The van der Waals surface area contributed by atoms with Crippen LogP contribution in [0.15, 0.2) is 18.5 Å². The van der Waals surface area contributed by atoms with Crippen LogP contribution in [-0.4, -0.2) is 35.2 Å². The molecule has 0 saturated heterocycles. The van der Waals surface area contributed by atoms with Gasteiger partial charge < -0.3 is 4.74 Å². The second kappa shape index (κ2) is 4.24. The van der Waals surface area contributed by atoms with Crippen molar-refractivity contribution in [3.8, 4) is 0 Å². The second-order valence-corrected chi connectivity index (χ2v) is 2.21. The van der Waals surface area contributed by atoms with Crippen molar-refractivity contribution in [2.24, 2.45) is 0 Å². The molecule has 0 saturated carbocycles. The van der Waals surface area contributed by atoms with Crippen LogP contribution in [0.3, 0.4) is 0 Å². The molecule has 0 aliphatic carbocycles. The number of nitrogens with one attached hydrogen (secondary N) is 1. The molecule has 0 atom stereocenters. The Morgan fingerprint density at radius 3 is 2.69 bits per heavy atom. The molecule has 0 aliphatic rings. The zero-order valence-electron chi connectivity index (χ0n) is 7.39. The number of aromatic nitrogens is 2. The maximum atomic E-state index is 10.9. The molecular weight excluding hydrogens is 172 g/mol. The standard InChI is InChI=1S/C7H10N4O2/c1-11(7(12)13-2)10-6-8-4-3-5-9-6/h3-5H,1-2H3,(H,8,9,10). The van der Waals surface area contributed by atoms with Crippen LogP contribution < -0.4 is 5.43 Å². The van der Waals surface area contributed by atoms with Gasteiger partial charge in [-0.2, -0.15) is 0 Å². The largest absolute Gasteiger partial charge is 0.452 e. The number of carbonyl (C=O) groups is 1. The Balaban J connectivity index is 2.55. The first kappa shape index (κ1) is 9.24. The molecule has 0 radical (unpaired) electrons. The molecular formula is C7H10N4O2. The highest BCUT2D eigenvalue weighted by Crippen LogP contribution is 1.96. The van der Waals surface area contributed by atoms with Gasteiger partial charge in [-0.25, -0.2) is 19.8 Å². The minimum Gasteiger partial charge on any atom is -0.452 e. The van der Waals surface area contributed by atoms with Gasteiger partial charge in [0.15, 0.2) is 0 Å². The summed E-state index contributed by atoms with van der Waals surface area (Å²) in [5.74, 6) is 0.343. The number of hydrazine groups is 1. The summed E-state index contributed by atoms with van der Waals surface area (Å²) in [6, 6.07) is 1.68. The molecule has 1 aromatic heterocycles. The lowest BCUT2D eigenvalue weighted by Gasteiger charge is -2.15. The van der Waals surface area contributed by atoms with Gasteiger partial charge in [0.2, 0.25) is 5.95 Å². The fourth-order valence-electron chi connectivity index (χ4n) is 0.689. The molecule has 0 bridgehead atoms. The summed E-state index contributed by atoms with van der Waals surface area (Å²) < 4.78 is 4.45. The molecule has 0 unspecified atom stereocenters. The van der Waals surface area contributed by atoms with E-state index in [0.29, 0.717) is 5.95 Å². The number of methoxy groups -OCH3 is 1. The number of amides is 1. The fraction of sp³-hybridized carbons (Fsp3) is 0.286. The van der Waals surface area contributed by atoms with Gasteiger partial charge in [0.1, 0.15) is 0 Å². The molecule has 0 aliphatic heterocycles. The van der Waals surface area contributed by atoms with Crippen LogP contribution >= 0.6 is 0 Å². The number of rotatable bonds is 2. The summed E-state index contributed by atoms with van der Waals surface area (Å²) in [4.78, 5) is 18.6. The Hall–Kier alpha value is -1.85. The predicted octanol–water partition coefficient (Wildman–Crippen LogP) is 0.502. The third-order valence-corrected chi connectivity index (χ3v) is 1.28. The van der Waals surface area contributed by atoms with E-state index in [1.807, 2.05) is 0 Å². The van der Waals surface area contributed by atoms with E-state index in [9.17, 15) is 4.79 Å². The minimum absolute atomic E-state index is 0.343. The number of anilines is 1. The lowest BCUT2D eigenvalue weighted by Crippen LogP contribution is -2.32. The number of nitrogens with zero attached hydrogens (tertiary/aromatic N) is 3. The van der Waals surface area contributed by atoms with E-state index in [4.69, 9.17) is 0 Å². The highest BCUT2D eigenvalue weighted by atomic mass is 16.5. The summed E-state index contributed by atoms with van der Waals surface area (Å²) >= 11 is 0. The summed E-state index contributed by atoms with van der Waals surface area (Å²) in [5.41, 5.74) is 2.63. The van der Waals surface area contributed by atoms with E-state index in [1.165, 1.54) is 14.2 Å². The Morgan fingerprint density at radius 2 is 2.15 bits per heavy atom. The molecule has 0 spiro atoms. The molecule has 1 amide bonds. The summed E-state index contributed by atoms with van der Waals surface area (Å²) in [5, 5.41) is 1.15. The number of ether oxygens (including phenoxy) is 1. The van der Waals surface area contributed by atoms with Crippen LogP contribution in [0.4, 0.5) is 10.7 Å². The lowest BCUT2D eigenvalue weighted by atomic mass is 10.7. The van der Waals surface area contributed by atoms with Crippen LogP contribution in [0.1, 0.15) is 0 Å². The molecule has 13 heavy (non-hydrogen) atoms. The van der Waals surface area contributed by atoms with E-state index in [-0.39, 0.29) is 0 Å². The van der Waals surface area contributed by atoms with Crippen molar-refractivity contribution in [1.29, 1.82) is 0 Å². The van der Waals surface area contributed by atoms with Crippen LogP contribution in [-0.2, 0) is 4.74 Å². The molecule has 1 heterocycles. The highest BCUT2D eigenvalue weighted by molar-refractivity contribution is 5.68. The third-order valence-electron chi connectivity index (χ3n) is 1.28. The first-order chi connectivity index (χ1) is 6.24. The molecule has 6 nitrogen and oxygen atoms in total. The average molecular weight is 182 g/mol. The average Bonchev–Trinajstić information content (AvgIpc) is 2.18. The third kappa shape index (κ3) is 2.58. The first-order valence-electron chi connectivity index (χ1n) is 3.59. The molecule has 0 fully saturated rings. The number of hydrogen-bond donors (Lipinski definition) is 1. The van der Waals surface area contributed by atoms with E-state index in [0.717, 1.165) is 5.01 Å². The molecule has 0 aromatic carbocycles. The minimum atomic E-state index is -0.507. The van der Waals surface area contributed by atoms with Crippen molar-refractivity contribution in [2.45, 2.75) is 0 Å². The smallest absolute Gasteiger partial charge is 0.428 e. The Morgan fingerprint density at radius 1 is 1.54 bits per heavy atom. The first-order valence-corrected chi connectivity index (χ1v) is 3.59. The van der Waals surface area contributed by atoms with Crippen LogP contribution in [0.25, 0.3) is 0 Å². The van der Waals surface area contributed by atoms with Crippen molar-refractivity contribution in [1.82, 2.24) is 15.0 Å². The maximum Gasteiger partial charge on any atom is 0.428 e. The summed E-state index contributed by atoms with van der Waals surface area (Å²) in [6.45, 7) is 0. The molecule has 6 heteroatoms. The van der Waals surface area contributed by atoms with Crippen LogP contribution in [0.2, 0.25) is 0 Å². The molecule has 1 rings (SSSR count). The zero-order valence-corrected chi connectivity index (χ0v) is 7.39. The monoisotopic (exact) mass is 182 g/mol. The SMILES string of the molecule is COC(=O)N(C)Nc1ncccn1. The highest BCUT2D eigenvalue weighted by Gasteiger charge is 2.07. The van der Waals surface area contributed by atoms with Crippen molar-refractivity contribution < 1.29 is 9.53 Å². The topological polar surface area (TPSA) is 67.3 Å². The zero-order chi connectivity index (χ0) is 9.68. The van der Waals surface area contributed by atoms with Gasteiger partial charge in [0.25, 0.3) is 0 Å². The van der Waals surface area contributed by atoms with Crippen molar-refractivity contribution >= 4 is 12.0 Å². The van der Waals surface area contributed by atoms with Gasteiger partial charge in [0, 0.05) is 19.4 Å². The second-order valence-electron chi connectivity index (χ2n) is 2.21. The molecule has 1 aromatic rings. The van der Waals surface area contributed by atoms with Gasteiger partial charge in [-0.3, -0.25) is 5.43 Å². The molecule has 70 valence electrons. The lowest BCUT2D eigenvalue weighted by molar-refractivity contribution is 0.141. The van der Waals surface area contributed by atoms with E-state index in [1.54, 1.807) is 18.5 Å². The van der Waals surface area contributed by atoms with Gasteiger partial charge >= 0.3 is 6.09 Å². The Kier molecular flexibility index (Phi) is 3.02. The van der Waals surface area contributed by atoms with Gasteiger partial charge in [-0.1, -0.05) is 0 Å². The van der Waals surface area contributed by atoms with E-state index >= 15 is 0 Å². The van der Waals surface area contributed by atoms with Crippen LogP contribution in [0.5, 0.6) is 0 Å². The van der Waals surface area contributed by atoms with Gasteiger partial charge in [-0.15, -0.1) is 0 Å². The quantitative estimate of drug-likeness (QED) is 0.674. The van der Waals surface area contributed by atoms with E-state index in [2.05, 4.69) is 20.1 Å². The van der Waals surface area contributed by atoms with Crippen molar-refractivity contribution in [3.63, 3.8) is 0 Å². The van der Waals surface area contributed by atoms with Gasteiger partial charge in [-0.05, 0) is 6.07 Å². The summed E-state index contributed by atoms with van der Waals surface area (Å²) in [7, 11) is 2.81. The van der Waals surface area contributed by atoms with Crippen molar-refractivity contribution in [2.75, 3.05) is 19.6 Å². The van der Waals surface area contributed by atoms with Gasteiger partial charge in [0.05, 0.1) is 7.11 Å². The maximum absolute atomic E-state index is 10.9. The Bertz CT molecular complexity index is 277. The van der Waals surface area contributed by atoms with Crippen LogP contribution in [0, 0.1) is 0 Å². The molecule has 1 N–H and O–H groups in total. The Labute approximate surface area is 75.5 Å². The fourth-order valence-corrected chi connectivity index (χ4v) is 0.689. The predicted molar refractivity (Wildman–Crippen MR) is 45.8 cm³/mol. The normalized spacial score (nSPS) is 9.08.